The third-order valence-corrected chi connectivity index (χ3v) is 3.83. The van der Waals surface area contributed by atoms with Crippen LogP contribution in [-0.2, 0) is 17.9 Å². The molecular weight excluding hydrogens is 314 g/mol. The molecule has 4 N–H and O–H groups in total. The van der Waals surface area contributed by atoms with Gasteiger partial charge in [0, 0.05) is 36.7 Å². The first-order valence-electron chi connectivity index (χ1n) is 7.06. The van der Waals surface area contributed by atoms with E-state index >= 15 is 0 Å². The van der Waals surface area contributed by atoms with Crippen LogP contribution in [0.2, 0.25) is 0 Å². The minimum Gasteiger partial charge on any atom is -0.370 e. The Kier molecular flexibility index (Phi) is 6.04. The van der Waals surface area contributed by atoms with Crippen LogP contribution in [0.25, 0.3) is 0 Å². The van der Waals surface area contributed by atoms with Crippen LogP contribution in [0.15, 0.2) is 41.4 Å². The number of hydrogen-bond acceptors (Lipinski definition) is 4. The average Bonchev–Trinajstić information content (AvgIpc) is 2.99. The predicted octanol–water partition coefficient (Wildman–Crippen LogP) is 1.80. The fourth-order valence-electron chi connectivity index (χ4n) is 1.86. The summed E-state index contributed by atoms with van der Waals surface area (Å²) in [6.07, 6.45) is 3.91. The zero-order valence-corrected chi connectivity index (χ0v) is 13.6. The Hall–Kier alpha value is -2.48. The second-order valence-electron chi connectivity index (χ2n) is 4.84. The van der Waals surface area contributed by atoms with Crippen molar-refractivity contribution < 1.29 is 9.59 Å². The number of rotatable bonds is 7. The summed E-state index contributed by atoms with van der Waals surface area (Å²) in [5, 5.41) is 9.54. The van der Waals surface area contributed by atoms with Gasteiger partial charge in [0.25, 0.3) is 0 Å². The van der Waals surface area contributed by atoms with Gasteiger partial charge in [0.1, 0.15) is 0 Å². The van der Waals surface area contributed by atoms with Crippen molar-refractivity contribution in [1.29, 1.82) is 0 Å². The predicted molar refractivity (Wildman–Crippen MR) is 90.1 cm³/mol. The molecule has 1 aromatic carbocycles. The maximum atomic E-state index is 11.8. The Bertz CT molecular complexity index is 669. The number of aromatic nitrogens is 2. The number of urea groups is 1. The van der Waals surface area contributed by atoms with Gasteiger partial charge < -0.3 is 11.1 Å². The highest BCUT2D eigenvalue weighted by Crippen LogP contribution is 2.14. The van der Waals surface area contributed by atoms with Gasteiger partial charge in [0.2, 0.25) is 5.91 Å². The number of carbonyl (C=O) groups is 2. The van der Waals surface area contributed by atoms with Crippen LogP contribution < -0.4 is 16.4 Å². The van der Waals surface area contributed by atoms with E-state index in [1.54, 1.807) is 28.7 Å². The van der Waals surface area contributed by atoms with Crippen LogP contribution in [0, 0.1) is 0 Å². The Balaban J connectivity index is 1.78. The lowest BCUT2D eigenvalue weighted by atomic mass is 10.2. The van der Waals surface area contributed by atoms with E-state index < -0.39 is 0 Å². The summed E-state index contributed by atoms with van der Waals surface area (Å²) in [5.74, 6) is 0.0324. The molecule has 8 heteroatoms. The fraction of sp³-hybridized carbons (Fsp3) is 0.267. The van der Waals surface area contributed by atoms with Crippen LogP contribution in [-0.4, -0.2) is 28.0 Å². The van der Waals surface area contributed by atoms with Gasteiger partial charge in [0.05, 0.1) is 0 Å². The number of hydrogen-bond donors (Lipinski definition) is 3. The number of primary amides is 1. The first-order valence-corrected chi connectivity index (χ1v) is 8.29. The van der Waals surface area contributed by atoms with Crippen LogP contribution in [0.3, 0.4) is 0 Å². The third kappa shape index (κ3) is 5.67. The van der Waals surface area contributed by atoms with Gasteiger partial charge in [-0.15, -0.1) is 11.8 Å². The highest BCUT2D eigenvalue weighted by atomic mass is 32.2. The molecule has 122 valence electrons. The molecule has 0 aliphatic rings. The Morgan fingerprint density at radius 3 is 2.65 bits per heavy atom. The fourth-order valence-corrected chi connectivity index (χ4v) is 2.27. The standard InChI is InChI=1S/C15H19N5O2S/c1-23-12-4-2-11(3-5-12)10-17-15(22)18-14-7-9-20(19-14)8-6-13(16)21/h2-5,7,9H,6,8,10H2,1H3,(H2,16,21)(H2,17,18,19,22). The van der Waals surface area contributed by atoms with Crippen LogP contribution in [0.5, 0.6) is 0 Å². The number of amides is 3. The number of benzene rings is 1. The van der Waals surface area contributed by atoms with Crippen molar-refractivity contribution in [2.24, 2.45) is 5.73 Å². The number of nitrogens with zero attached hydrogens (tertiary/aromatic N) is 2. The van der Waals surface area contributed by atoms with Crippen LogP contribution in [0.4, 0.5) is 10.6 Å². The first kappa shape index (κ1) is 16.9. The van der Waals surface area contributed by atoms with E-state index in [-0.39, 0.29) is 18.4 Å². The van der Waals surface area contributed by atoms with Gasteiger partial charge in [-0.3, -0.25) is 14.8 Å². The van der Waals surface area contributed by atoms with Crippen LogP contribution >= 0.6 is 11.8 Å². The number of anilines is 1. The molecule has 2 rings (SSSR count). The lowest BCUT2D eigenvalue weighted by molar-refractivity contribution is -0.118. The van der Waals surface area contributed by atoms with E-state index in [2.05, 4.69) is 15.7 Å². The summed E-state index contributed by atoms with van der Waals surface area (Å²) < 4.78 is 1.56. The molecule has 0 saturated heterocycles. The topological polar surface area (TPSA) is 102 Å². The lowest BCUT2D eigenvalue weighted by Gasteiger charge is -2.06. The van der Waals surface area contributed by atoms with Crippen molar-refractivity contribution in [3.05, 3.63) is 42.1 Å². The molecule has 0 saturated carbocycles. The number of nitrogens with two attached hydrogens (primary N) is 1. The highest BCUT2D eigenvalue weighted by molar-refractivity contribution is 7.98. The zero-order valence-electron chi connectivity index (χ0n) is 12.8. The molecule has 1 heterocycles. The smallest absolute Gasteiger partial charge is 0.320 e. The zero-order chi connectivity index (χ0) is 16.7. The summed E-state index contributed by atoms with van der Waals surface area (Å²) in [6, 6.07) is 9.31. The molecular formula is C15H19N5O2S. The summed E-state index contributed by atoms with van der Waals surface area (Å²) >= 11 is 1.67. The van der Waals surface area contributed by atoms with E-state index in [9.17, 15) is 9.59 Å². The monoisotopic (exact) mass is 333 g/mol. The number of carbonyl (C=O) groups excluding carboxylic acids is 2. The molecule has 0 unspecified atom stereocenters. The van der Waals surface area contributed by atoms with Crippen molar-refractivity contribution in [3.63, 3.8) is 0 Å². The van der Waals surface area contributed by atoms with Crippen molar-refractivity contribution in [3.8, 4) is 0 Å². The van der Waals surface area contributed by atoms with E-state index in [1.807, 2.05) is 30.5 Å². The number of thioether (sulfide) groups is 1. The summed E-state index contributed by atoms with van der Waals surface area (Å²) in [4.78, 5) is 23.7. The van der Waals surface area contributed by atoms with E-state index in [0.29, 0.717) is 18.9 Å². The molecule has 0 aliphatic heterocycles. The number of aryl methyl sites for hydroxylation is 1. The molecule has 23 heavy (non-hydrogen) atoms. The molecule has 0 aliphatic carbocycles. The molecule has 0 bridgehead atoms. The Morgan fingerprint density at radius 2 is 2.00 bits per heavy atom. The molecule has 0 spiro atoms. The number of nitrogens with one attached hydrogen (secondary N) is 2. The van der Waals surface area contributed by atoms with E-state index in [1.165, 1.54) is 4.90 Å². The first-order chi connectivity index (χ1) is 11.1. The van der Waals surface area contributed by atoms with Crippen molar-refractivity contribution >= 4 is 29.5 Å². The normalized spacial score (nSPS) is 10.3. The van der Waals surface area contributed by atoms with E-state index in [4.69, 9.17) is 5.73 Å². The summed E-state index contributed by atoms with van der Waals surface area (Å²) in [5.41, 5.74) is 6.10. The molecule has 2 aromatic rings. The van der Waals surface area contributed by atoms with Crippen molar-refractivity contribution in [2.45, 2.75) is 24.4 Å². The highest BCUT2D eigenvalue weighted by Gasteiger charge is 2.05. The van der Waals surface area contributed by atoms with Gasteiger partial charge >= 0.3 is 6.03 Å². The second kappa shape index (κ2) is 8.23. The van der Waals surface area contributed by atoms with Crippen LogP contribution in [0.1, 0.15) is 12.0 Å². The van der Waals surface area contributed by atoms with Gasteiger partial charge in [-0.05, 0) is 24.0 Å². The molecule has 0 radical (unpaired) electrons. The average molecular weight is 333 g/mol. The summed E-state index contributed by atoms with van der Waals surface area (Å²) in [6.45, 7) is 0.823. The summed E-state index contributed by atoms with van der Waals surface area (Å²) in [7, 11) is 0. The maximum absolute atomic E-state index is 11.8. The third-order valence-electron chi connectivity index (χ3n) is 3.08. The van der Waals surface area contributed by atoms with Gasteiger partial charge in [0.15, 0.2) is 5.82 Å². The van der Waals surface area contributed by atoms with Crippen molar-refractivity contribution in [2.75, 3.05) is 11.6 Å². The molecule has 7 nitrogen and oxygen atoms in total. The molecule has 1 aromatic heterocycles. The molecule has 0 fully saturated rings. The Labute approximate surface area is 138 Å². The van der Waals surface area contributed by atoms with Crippen molar-refractivity contribution in [1.82, 2.24) is 15.1 Å². The van der Waals surface area contributed by atoms with Gasteiger partial charge in [-0.2, -0.15) is 5.10 Å². The molecule has 0 atom stereocenters. The van der Waals surface area contributed by atoms with Gasteiger partial charge in [-0.1, -0.05) is 12.1 Å². The Morgan fingerprint density at radius 1 is 1.26 bits per heavy atom. The maximum Gasteiger partial charge on any atom is 0.320 e. The molecule has 3 amide bonds. The SMILES string of the molecule is CSc1ccc(CNC(=O)Nc2ccn(CCC(N)=O)n2)cc1. The quantitative estimate of drug-likeness (QED) is 0.672. The second-order valence-corrected chi connectivity index (χ2v) is 5.72. The van der Waals surface area contributed by atoms with Gasteiger partial charge in [-0.25, -0.2) is 4.79 Å². The minimum absolute atomic E-state index is 0.208. The lowest BCUT2D eigenvalue weighted by Crippen LogP contribution is -2.28. The van der Waals surface area contributed by atoms with E-state index in [0.717, 1.165) is 5.56 Å². The largest absolute Gasteiger partial charge is 0.370 e. The minimum atomic E-state index is -0.389.